The summed E-state index contributed by atoms with van der Waals surface area (Å²) in [7, 11) is 1.74. The maximum Gasteiger partial charge on any atom is 0.0622 e. The zero-order valence-corrected chi connectivity index (χ0v) is 10.0. The Bertz CT molecular complexity index is 188. The van der Waals surface area contributed by atoms with E-state index in [-0.39, 0.29) is 5.60 Å². The molecule has 0 aromatic heterocycles. The minimum Gasteiger partial charge on any atom is -0.411 e. The van der Waals surface area contributed by atoms with E-state index in [1.54, 1.807) is 7.11 Å². The second kappa shape index (κ2) is 6.02. The summed E-state index contributed by atoms with van der Waals surface area (Å²) in [5.41, 5.74) is 0.768. The fourth-order valence-corrected chi connectivity index (χ4v) is 1.24. The Kier molecular flexibility index (Phi) is 5.77. The molecule has 0 rings (SSSR count). The van der Waals surface area contributed by atoms with Crippen molar-refractivity contribution >= 4 is 5.71 Å². The molecule has 1 atom stereocenters. The number of nitrogens with zero attached hydrogens (tertiary/aromatic N) is 1. The van der Waals surface area contributed by atoms with Crippen LogP contribution >= 0.6 is 0 Å². The molecule has 0 spiro atoms. The average Bonchev–Trinajstić information content (AvgIpc) is 2.16. The number of rotatable bonds is 6. The molecular formula is C11H23NO2. The summed E-state index contributed by atoms with van der Waals surface area (Å²) in [4.78, 5) is 0. The van der Waals surface area contributed by atoms with E-state index < -0.39 is 0 Å². The Morgan fingerprint density at radius 1 is 1.50 bits per heavy atom. The lowest BCUT2D eigenvalue weighted by atomic mass is 9.94. The van der Waals surface area contributed by atoms with Gasteiger partial charge < -0.3 is 9.94 Å². The molecule has 3 heteroatoms. The molecule has 1 unspecified atom stereocenters. The van der Waals surface area contributed by atoms with Crippen LogP contribution in [0.2, 0.25) is 0 Å². The van der Waals surface area contributed by atoms with Gasteiger partial charge in [-0.25, -0.2) is 0 Å². The molecule has 0 aromatic carbocycles. The monoisotopic (exact) mass is 201 g/mol. The lowest BCUT2D eigenvalue weighted by Crippen LogP contribution is -2.22. The third-order valence-electron chi connectivity index (χ3n) is 2.84. The highest BCUT2D eigenvalue weighted by Gasteiger charge is 2.16. The van der Waals surface area contributed by atoms with E-state index in [0.29, 0.717) is 5.92 Å². The van der Waals surface area contributed by atoms with Gasteiger partial charge in [0.15, 0.2) is 0 Å². The van der Waals surface area contributed by atoms with Gasteiger partial charge in [-0.15, -0.1) is 0 Å². The Labute approximate surface area is 87.1 Å². The van der Waals surface area contributed by atoms with Crippen LogP contribution in [0.25, 0.3) is 0 Å². The highest BCUT2D eigenvalue weighted by molar-refractivity contribution is 5.83. The van der Waals surface area contributed by atoms with Crippen molar-refractivity contribution in [2.45, 2.75) is 52.6 Å². The van der Waals surface area contributed by atoms with Crippen molar-refractivity contribution < 1.29 is 9.94 Å². The molecule has 0 aliphatic carbocycles. The van der Waals surface area contributed by atoms with Crippen LogP contribution in [0, 0.1) is 5.92 Å². The van der Waals surface area contributed by atoms with Crippen LogP contribution < -0.4 is 0 Å². The van der Waals surface area contributed by atoms with Gasteiger partial charge in [-0.2, -0.15) is 0 Å². The van der Waals surface area contributed by atoms with Gasteiger partial charge in [0.1, 0.15) is 0 Å². The number of hydrogen-bond donors (Lipinski definition) is 1. The van der Waals surface area contributed by atoms with Crippen molar-refractivity contribution in [3.63, 3.8) is 0 Å². The van der Waals surface area contributed by atoms with Gasteiger partial charge >= 0.3 is 0 Å². The highest BCUT2D eigenvalue weighted by atomic mass is 16.5. The Hall–Kier alpha value is -0.570. The first-order valence-corrected chi connectivity index (χ1v) is 5.16. The minimum atomic E-state index is -0.0377. The summed E-state index contributed by atoms with van der Waals surface area (Å²) in [6.45, 7) is 8.11. The molecule has 0 fully saturated rings. The van der Waals surface area contributed by atoms with Crippen molar-refractivity contribution in [3.8, 4) is 0 Å². The summed E-state index contributed by atoms with van der Waals surface area (Å²) in [6.07, 6.45) is 3.17. The smallest absolute Gasteiger partial charge is 0.0622 e. The number of ether oxygens (including phenoxy) is 1. The molecule has 0 heterocycles. The van der Waals surface area contributed by atoms with Gasteiger partial charge in [-0.1, -0.05) is 12.1 Å². The molecule has 0 saturated carbocycles. The fraction of sp³-hybridized carbons (Fsp3) is 0.909. The quantitative estimate of drug-likeness (QED) is 0.407. The van der Waals surface area contributed by atoms with Crippen LogP contribution in [-0.4, -0.2) is 23.6 Å². The standard InChI is InChI=1S/C11H23NO2/c1-9(10(2)12-13)7-6-8-11(3,4)14-5/h9,13H,6-8H2,1-5H3. The lowest BCUT2D eigenvalue weighted by molar-refractivity contribution is 0.0131. The molecule has 1 N–H and O–H groups in total. The predicted octanol–water partition coefficient (Wildman–Crippen LogP) is 3.07. The molecule has 0 aliphatic heterocycles. The molecular weight excluding hydrogens is 178 g/mol. The molecule has 0 bridgehead atoms. The van der Waals surface area contributed by atoms with Crippen molar-refractivity contribution in [1.29, 1.82) is 0 Å². The van der Waals surface area contributed by atoms with Crippen LogP contribution in [-0.2, 0) is 4.74 Å². The third kappa shape index (κ3) is 5.22. The largest absolute Gasteiger partial charge is 0.411 e. The number of oxime groups is 1. The van der Waals surface area contributed by atoms with E-state index in [2.05, 4.69) is 25.9 Å². The molecule has 84 valence electrons. The molecule has 14 heavy (non-hydrogen) atoms. The summed E-state index contributed by atoms with van der Waals surface area (Å²) in [6, 6.07) is 0. The van der Waals surface area contributed by atoms with Crippen LogP contribution in [0.15, 0.2) is 5.16 Å². The molecule has 0 radical (unpaired) electrons. The topological polar surface area (TPSA) is 41.8 Å². The highest BCUT2D eigenvalue weighted by Crippen LogP contribution is 2.19. The maximum atomic E-state index is 8.57. The first-order chi connectivity index (χ1) is 6.43. The first kappa shape index (κ1) is 13.4. The van der Waals surface area contributed by atoms with Crippen LogP contribution in [0.5, 0.6) is 0 Å². The second-order valence-corrected chi connectivity index (χ2v) is 4.50. The van der Waals surface area contributed by atoms with Crippen molar-refractivity contribution in [1.82, 2.24) is 0 Å². The van der Waals surface area contributed by atoms with Gasteiger partial charge in [0.25, 0.3) is 0 Å². The first-order valence-electron chi connectivity index (χ1n) is 5.16. The van der Waals surface area contributed by atoms with Gasteiger partial charge in [0.2, 0.25) is 0 Å². The van der Waals surface area contributed by atoms with Crippen LogP contribution in [0.3, 0.4) is 0 Å². The zero-order chi connectivity index (χ0) is 11.2. The SMILES string of the molecule is COC(C)(C)CCCC(C)C(C)=NO. The van der Waals surface area contributed by atoms with Crippen LogP contribution in [0.4, 0.5) is 0 Å². The van der Waals surface area contributed by atoms with E-state index in [0.717, 1.165) is 25.0 Å². The third-order valence-corrected chi connectivity index (χ3v) is 2.84. The Morgan fingerprint density at radius 2 is 2.07 bits per heavy atom. The van der Waals surface area contributed by atoms with E-state index in [4.69, 9.17) is 9.94 Å². The van der Waals surface area contributed by atoms with Gasteiger partial charge in [0, 0.05) is 7.11 Å². The maximum absolute atomic E-state index is 8.57. The van der Waals surface area contributed by atoms with E-state index in [1.165, 1.54) is 0 Å². The molecule has 0 aliphatic rings. The lowest BCUT2D eigenvalue weighted by Gasteiger charge is -2.23. The van der Waals surface area contributed by atoms with Crippen molar-refractivity contribution in [2.24, 2.45) is 11.1 Å². The average molecular weight is 201 g/mol. The normalized spacial score (nSPS) is 15.6. The predicted molar refractivity (Wildman–Crippen MR) is 59.0 cm³/mol. The van der Waals surface area contributed by atoms with Gasteiger partial charge in [-0.3, -0.25) is 0 Å². The summed E-state index contributed by atoms with van der Waals surface area (Å²) < 4.78 is 5.33. The minimum absolute atomic E-state index is 0.0377. The fourth-order valence-electron chi connectivity index (χ4n) is 1.24. The molecule has 3 nitrogen and oxygen atoms in total. The summed E-state index contributed by atoms with van der Waals surface area (Å²) in [5, 5.41) is 11.8. The zero-order valence-electron chi connectivity index (χ0n) is 10.0. The van der Waals surface area contributed by atoms with Crippen molar-refractivity contribution in [2.75, 3.05) is 7.11 Å². The number of methoxy groups -OCH3 is 1. The molecule has 0 saturated heterocycles. The summed E-state index contributed by atoms with van der Waals surface area (Å²) in [5.74, 6) is 0.354. The number of hydrogen-bond acceptors (Lipinski definition) is 3. The molecule has 0 amide bonds. The van der Waals surface area contributed by atoms with Crippen molar-refractivity contribution in [3.05, 3.63) is 0 Å². The Balaban J connectivity index is 3.75. The summed E-state index contributed by atoms with van der Waals surface area (Å²) >= 11 is 0. The van der Waals surface area contributed by atoms with E-state index >= 15 is 0 Å². The second-order valence-electron chi connectivity index (χ2n) is 4.50. The van der Waals surface area contributed by atoms with Crippen LogP contribution in [0.1, 0.15) is 47.0 Å². The van der Waals surface area contributed by atoms with Gasteiger partial charge in [0.05, 0.1) is 11.3 Å². The van der Waals surface area contributed by atoms with E-state index in [9.17, 15) is 0 Å². The Morgan fingerprint density at radius 3 is 2.50 bits per heavy atom. The molecule has 0 aromatic rings. The van der Waals surface area contributed by atoms with Gasteiger partial charge in [-0.05, 0) is 46.0 Å². The van der Waals surface area contributed by atoms with E-state index in [1.807, 2.05) is 6.92 Å².